The highest BCUT2D eigenvalue weighted by Gasteiger charge is 2.15. The monoisotopic (exact) mass is 406 g/mol. The van der Waals surface area contributed by atoms with Gasteiger partial charge in [-0.3, -0.25) is 4.79 Å². The van der Waals surface area contributed by atoms with Crippen molar-refractivity contribution in [1.29, 1.82) is 4.78 Å². The number of rotatable bonds is 5. The van der Waals surface area contributed by atoms with E-state index >= 15 is 0 Å². The molecular weight excluding hydrogens is 388 g/mol. The lowest BCUT2D eigenvalue weighted by Crippen LogP contribution is -2.23. The summed E-state index contributed by atoms with van der Waals surface area (Å²) in [6.07, 6.45) is 3.19. The molecule has 0 unspecified atom stereocenters. The minimum Gasteiger partial charge on any atom is -0.481 e. The van der Waals surface area contributed by atoms with Gasteiger partial charge in [0.15, 0.2) is 0 Å². The summed E-state index contributed by atoms with van der Waals surface area (Å²) in [7, 11) is -1.63. The molecule has 0 fully saturated rings. The molecule has 0 saturated heterocycles. The van der Waals surface area contributed by atoms with E-state index in [0.29, 0.717) is 26.4 Å². The molecule has 4 rings (SSSR count). The molecular formula is C21H18N4O3S. The molecule has 0 bridgehead atoms. The van der Waals surface area contributed by atoms with Crippen LogP contribution >= 0.6 is 0 Å². The zero-order chi connectivity index (χ0) is 20.4. The molecule has 2 aromatic heterocycles. The number of hydrogen-bond donors (Lipinski definition) is 1. The van der Waals surface area contributed by atoms with Crippen LogP contribution in [0.2, 0.25) is 0 Å². The smallest absolute Gasteiger partial charge is 0.274 e. The van der Waals surface area contributed by atoms with Crippen molar-refractivity contribution < 1.29 is 8.95 Å². The summed E-state index contributed by atoms with van der Waals surface area (Å²) in [6.45, 7) is 0.271. The third kappa shape index (κ3) is 3.62. The van der Waals surface area contributed by atoms with Gasteiger partial charge in [0.05, 0.1) is 35.0 Å². The van der Waals surface area contributed by atoms with Gasteiger partial charge in [-0.05, 0) is 35.9 Å². The summed E-state index contributed by atoms with van der Waals surface area (Å²) in [5.41, 5.74) is 0.552. The van der Waals surface area contributed by atoms with Gasteiger partial charge in [0, 0.05) is 17.6 Å². The van der Waals surface area contributed by atoms with Crippen LogP contribution in [-0.4, -0.2) is 26.1 Å². The number of nitrogens with zero attached hydrogens (tertiary/aromatic N) is 3. The van der Waals surface area contributed by atoms with Gasteiger partial charge in [-0.25, -0.2) is 18.7 Å². The summed E-state index contributed by atoms with van der Waals surface area (Å²) in [4.78, 5) is 17.7. The third-order valence-corrected chi connectivity index (χ3v) is 6.42. The molecule has 8 heteroatoms. The summed E-state index contributed by atoms with van der Waals surface area (Å²) in [5.74, 6) is 0.498. The Morgan fingerprint density at radius 2 is 1.83 bits per heavy atom. The SMILES string of the molecule is COc1ccc(Cn2ncc3cc([S@](=N)(=O)c4ccccc4)ccc3c2=O)cn1. The Balaban J connectivity index is 1.71. The van der Waals surface area contributed by atoms with Gasteiger partial charge < -0.3 is 4.74 Å². The van der Waals surface area contributed by atoms with Crippen LogP contribution in [0.5, 0.6) is 5.88 Å². The Morgan fingerprint density at radius 3 is 2.52 bits per heavy atom. The van der Waals surface area contributed by atoms with Gasteiger partial charge in [0.1, 0.15) is 9.73 Å². The van der Waals surface area contributed by atoms with Crippen LogP contribution in [0.4, 0.5) is 0 Å². The van der Waals surface area contributed by atoms with Crippen LogP contribution in [0.3, 0.4) is 0 Å². The highest BCUT2D eigenvalue weighted by molar-refractivity contribution is 7.92. The molecule has 146 valence electrons. The van der Waals surface area contributed by atoms with Crippen molar-refractivity contribution in [2.24, 2.45) is 0 Å². The second-order valence-corrected chi connectivity index (χ2v) is 8.49. The molecule has 2 aromatic carbocycles. The van der Waals surface area contributed by atoms with Gasteiger partial charge in [0.25, 0.3) is 5.56 Å². The molecule has 29 heavy (non-hydrogen) atoms. The number of ether oxygens (including phenoxy) is 1. The van der Waals surface area contributed by atoms with E-state index in [-0.39, 0.29) is 12.1 Å². The van der Waals surface area contributed by atoms with Gasteiger partial charge in [0.2, 0.25) is 5.88 Å². The Labute approximate surface area is 167 Å². The first kappa shape index (κ1) is 18.8. The average molecular weight is 406 g/mol. The van der Waals surface area contributed by atoms with Crippen molar-refractivity contribution in [1.82, 2.24) is 14.8 Å². The molecule has 4 aromatic rings. The van der Waals surface area contributed by atoms with Crippen LogP contribution in [0.15, 0.2) is 87.6 Å². The highest BCUT2D eigenvalue weighted by Crippen LogP contribution is 2.24. The molecule has 1 N–H and O–H groups in total. The Kier molecular flexibility index (Phi) is 4.85. The summed E-state index contributed by atoms with van der Waals surface area (Å²) in [6, 6.07) is 17.0. The summed E-state index contributed by atoms with van der Waals surface area (Å²) < 4.78 is 27.8. The fourth-order valence-corrected chi connectivity index (χ4v) is 4.37. The van der Waals surface area contributed by atoms with Crippen LogP contribution < -0.4 is 10.3 Å². The maximum Gasteiger partial charge on any atom is 0.274 e. The topological polar surface area (TPSA) is 97.9 Å². The quantitative estimate of drug-likeness (QED) is 0.548. The van der Waals surface area contributed by atoms with Crippen molar-refractivity contribution in [2.45, 2.75) is 16.3 Å². The molecule has 0 spiro atoms. The van der Waals surface area contributed by atoms with Crippen molar-refractivity contribution in [3.05, 3.63) is 89.0 Å². The van der Waals surface area contributed by atoms with Crippen molar-refractivity contribution >= 4 is 20.5 Å². The Hall–Kier alpha value is -3.52. The van der Waals surface area contributed by atoms with Crippen LogP contribution in [0.25, 0.3) is 10.8 Å². The largest absolute Gasteiger partial charge is 0.481 e. The van der Waals surface area contributed by atoms with Gasteiger partial charge in [-0.15, -0.1) is 0 Å². The Morgan fingerprint density at radius 1 is 1.03 bits per heavy atom. The van der Waals surface area contributed by atoms with E-state index < -0.39 is 9.73 Å². The second kappa shape index (κ2) is 7.48. The first-order valence-corrected chi connectivity index (χ1v) is 10.4. The van der Waals surface area contributed by atoms with Crippen molar-refractivity contribution in [3.8, 4) is 5.88 Å². The van der Waals surface area contributed by atoms with E-state index in [4.69, 9.17) is 9.52 Å². The first-order chi connectivity index (χ1) is 14.0. The molecule has 0 aliphatic heterocycles. The fraction of sp³-hybridized carbons (Fsp3) is 0.0952. The third-order valence-electron chi connectivity index (χ3n) is 4.57. The Bertz CT molecular complexity index is 1330. The number of fused-ring (bicyclic) bond motifs is 1. The average Bonchev–Trinajstić information content (AvgIpc) is 2.76. The molecule has 2 heterocycles. The number of hydrogen-bond acceptors (Lipinski definition) is 6. The maximum absolute atomic E-state index is 13.0. The summed E-state index contributed by atoms with van der Waals surface area (Å²) in [5, 5.41) is 5.23. The minimum atomic E-state index is -3.17. The van der Waals surface area contributed by atoms with E-state index in [1.54, 1.807) is 68.0 Å². The van der Waals surface area contributed by atoms with Gasteiger partial charge in [-0.1, -0.05) is 24.3 Å². The number of nitrogens with one attached hydrogen (secondary N) is 1. The molecule has 1 atom stereocenters. The molecule has 0 amide bonds. The minimum absolute atomic E-state index is 0.263. The lowest BCUT2D eigenvalue weighted by molar-refractivity contribution is 0.397. The summed E-state index contributed by atoms with van der Waals surface area (Å²) >= 11 is 0. The van der Waals surface area contributed by atoms with Crippen LogP contribution in [-0.2, 0) is 16.3 Å². The van der Waals surface area contributed by atoms with Gasteiger partial charge in [-0.2, -0.15) is 5.10 Å². The predicted octanol–water partition coefficient (Wildman–Crippen LogP) is 3.31. The van der Waals surface area contributed by atoms with Crippen LogP contribution in [0, 0.1) is 4.78 Å². The number of benzene rings is 2. The van der Waals surface area contributed by atoms with Gasteiger partial charge >= 0.3 is 0 Å². The lowest BCUT2D eigenvalue weighted by atomic mass is 10.2. The van der Waals surface area contributed by atoms with Crippen molar-refractivity contribution in [2.75, 3.05) is 7.11 Å². The highest BCUT2D eigenvalue weighted by atomic mass is 32.2. The number of pyridine rings is 1. The normalized spacial score (nSPS) is 13.1. The molecule has 0 radical (unpaired) electrons. The zero-order valence-electron chi connectivity index (χ0n) is 15.6. The van der Waals surface area contributed by atoms with Crippen molar-refractivity contribution in [3.63, 3.8) is 0 Å². The lowest BCUT2D eigenvalue weighted by Gasteiger charge is -2.10. The van der Waals surface area contributed by atoms with E-state index in [9.17, 15) is 9.00 Å². The van der Waals surface area contributed by atoms with E-state index in [2.05, 4.69) is 10.1 Å². The van der Waals surface area contributed by atoms with Crippen LogP contribution in [0.1, 0.15) is 5.56 Å². The maximum atomic E-state index is 13.0. The molecule has 0 aliphatic rings. The van der Waals surface area contributed by atoms with E-state index in [1.165, 1.54) is 4.68 Å². The fourth-order valence-electron chi connectivity index (χ4n) is 3.00. The second-order valence-electron chi connectivity index (χ2n) is 6.43. The molecule has 0 saturated carbocycles. The van der Waals surface area contributed by atoms with E-state index in [1.807, 2.05) is 12.1 Å². The number of aromatic nitrogens is 3. The standard InChI is InChI=1S/C21H18N4O3S/c1-28-20-10-7-15(12-23-20)14-25-21(26)19-9-8-18(11-16(19)13-24-25)29(22,27)17-5-3-2-4-6-17/h2-13,22H,14H2,1H3/t29-/m1/s1. The van der Waals surface area contributed by atoms with E-state index in [0.717, 1.165) is 5.56 Å². The number of methoxy groups -OCH3 is 1. The zero-order valence-corrected chi connectivity index (χ0v) is 16.4. The molecule has 7 nitrogen and oxygen atoms in total. The molecule has 0 aliphatic carbocycles. The first-order valence-electron chi connectivity index (χ1n) is 8.82. The predicted molar refractivity (Wildman–Crippen MR) is 110 cm³/mol.